The van der Waals surface area contributed by atoms with E-state index in [0.717, 1.165) is 11.3 Å². The Kier molecular flexibility index (Phi) is 4.27. The molecule has 0 saturated carbocycles. The Balaban J connectivity index is 2.04. The maximum absolute atomic E-state index is 12.1. The van der Waals surface area contributed by atoms with Gasteiger partial charge in [0.2, 0.25) is 11.8 Å². The van der Waals surface area contributed by atoms with E-state index in [1.807, 2.05) is 24.3 Å². The van der Waals surface area contributed by atoms with E-state index in [0.29, 0.717) is 13.0 Å². The Bertz CT molecular complexity index is 516. The first-order valence-electron chi connectivity index (χ1n) is 6.76. The Morgan fingerprint density at radius 2 is 2.05 bits per heavy atom. The summed E-state index contributed by atoms with van der Waals surface area (Å²) in [4.78, 5) is 25.5. The van der Waals surface area contributed by atoms with Crippen molar-refractivity contribution in [2.45, 2.75) is 32.4 Å². The molecule has 2 amide bonds. The van der Waals surface area contributed by atoms with E-state index >= 15 is 0 Å². The number of carbonyl (C=O) groups excluding carboxylic acids is 2. The first-order chi connectivity index (χ1) is 9.52. The van der Waals surface area contributed by atoms with Crippen LogP contribution in [-0.2, 0) is 16.0 Å². The van der Waals surface area contributed by atoms with Gasteiger partial charge in [0.25, 0.3) is 0 Å². The Morgan fingerprint density at radius 1 is 1.30 bits per heavy atom. The van der Waals surface area contributed by atoms with Gasteiger partial charge in [0.15, 0.2) is 0 Å². The Labute approximate surface area is 118 Å². The molecular weight excluding hydrogens is 256 g/mol. The number of nitrogens with one attached hydrogen (secondary N) is 1. The van der Waals surface area contributed by atoms with E-state index in [4.69, 9.17) is 4.74 Å². The molecule has 1 aliphatic heterocycles. The van der Waals surface area contributed by atoms with Crippen molar-refractivity contribution >= 4 is 11.8 Å². The summed E-state index contributed by atoms with van der Waals surface area (Å²) in [5.41, 5.74) is 1.09. The van der Waals surface area contributed by atoms with Crippen molar-refractivity contribution in [3.63, 3.8) is 0 Å². The minimum atomic E-state index is -0.441. The zero-order valence-electron chi connectivity index (χ0n) is 12.1. The standard InChI is InChI=1S/C15H20N2O3/c1-10-15(19)17(11(2)14(18)16-10)8-7-12-5-4-6-13(9-12)20-3/h4-6,9-11H,7-8H2,1-3H3,(H,16,18). The maximum atomic E-state index is 12.1. The van der Waals surface area contributed by atoms with Crippen LogP contribution in [0.5, 0.6) is 5.75 Å². The number of carbonyl (C=O) groups is 2. The molecule has 1 heterocycles. The number of benzene rings is 1. The molecule has 1 N–H and O–H groups in total. The number of hydrogen-bond acceptors (Lipinski definition) is 3. The van der Waals surface area contributed by atoms with E-state index in [1.54, 1.807) is 25.9 Å². The summed E-state index contributed by atoms with van der Waals surface area (Å²) < 4.78 is 5.18. The maximum Gasteiger partial charge on any atom is 0.245 e. The molecule has 0 radical (unpaired) electrons. The fraction of sp³-hybridized carbons (Fsp3) is 0.467. The lowest BCUT2D eigenvalue weighted by atomic mass is 10.1. The number of rotatable bonds is 4. The summed E-state index contributed by atoms with van der Waals surface area (Å²) in [7, 11) is 1.63. The van der Waals surface area contributed by atoms with Gasteiger partial charge in [-0.25, -0.2) is 0 Å². The minimum Gasteiger partial charge on any atom is -0.497 e. The highest BCUT2D eigenvalue weighted by molar-refractivity contribution is 5.96. The van der Waals surface area contributed by atoms with Crippen LogP contribution in [0.4, 0.5) is 0 Å². The molecule has 0 aliphatic carbocycles. The molecule has 1 fully saturated rings. The zero-order chi connectivity index (χ0) is 14.7. The molecule has 1 saturated heterocycles. The summed E-state index contributed by atoms with van der Waals surface area (Å²) in [6.07, 6.45) is 0.702. The fourth-order valence-corrected chi connectivity index (χ4v) is 2.36. The van der Waals surface area contributed by atoms with Gasteiger partial charge in [-0.05, 0) is 38.0 Å². The van der Waals surface area contributed by atoms with Crippen LogP contribution in [-0.4, -0.2) is 42.5 Å². The largest absolute Gasteiger partial charge is 0.497 e. The number of piperazine rings is 1. The van der Waals surface area contributed by atoms with Gasteiger partial charge in [0.05, 0.1) is 7.11 Å². The van der Waals surface area contributed by atoms with Crippen LogP contribution in [0.15, 0.2) is 24.3 Å². The molecule has 0 bridgehead atoms. The average Bonchev–Trinajstić information content (AvgIpc) is 2.45. The highest BCUT2D eigenvalue weighted by Gasteiger charge is 2.35. The number of ether oxygens (including phenoxy) is 1. The highest BCUT2D eigenvalue weighted by Crippen LogP contribution is 2.15. The van der Waals surface area contributed by atoms with E-state index < -0.39 is 12.1 Å². The van der Waals surface area contributed by atoms with Gasteiger partial charge in [-0.2, -0.15) is 0 Å². The third-order valence-electron chi connectivity index (χ3n) is 3.63. The number of hydrogen-bond donors (Lipinski definition) is 1. The van der Waals surface area contributed by atoms with Crippen molar-refractivity contribution in [2.75, 3.05) is 13.7 Å². The second-order valence-electron chi connectivity index (χ2n) is 5.04. The quantitative estimate of drug-likeness (QED) is 0.891. The van der Waals surface area contributed by atoms with E-state index in [9.17, 15) is 9.59 Å². The molecule has 108 valence electrons. The number of nitrogens with zero attached hydrogens (tertiary/aromatic N) is 1. The zero-order valence-corrected chi connectivity index (χ0v) is 12.1. The van der Waals surface area contributed by atoms with Crippen LogP contribution in [0.25, 0.3) is 0 Å². The normalized spacial score (nSPS) is 22.6. The minimum absolute atomic E-state index is 0.0278. The smallest absolute Gasteiger partial charge is 0.245 e. The van der Waals surface area contributed by atoms with Gasteiger partial charge in [-0.1, -0.05) is 12.1 Å². The number of methoxy groups -OCH3 is 1. The lowest BCUT2D eigenvalue weighted by Crippen LogP contribution is -2.61. The Hall–Kier alpha value is -2.04. The van der Waals surface area contributed by atoms with Crippen LogP contribution >= 0.6 is 0 Å². The fourth-order valence-electron chi connectivity index (χ4n) is 2.36. The van der Waals surface area contributed by atoms with E-state index in [-0.39, 0.29) is 11.8 Å². The predicted octanol–water partition coefficient (Wildman–Crippen LogP) is 0.973. The van der Waals surface area contributed by atoms with Crippen molar-refractivity contribution in [3.05, 3.63) is 29.8 Å². The molecule has 20 heavy (non-hydrogen) atoms. The van der Waals surface area contributed by atoms with Crippen molar-refractivity contribution in [1.29, 1.82) is 0 Å². The predicted molar refractivity (Wildman–Crippen MR) is 75.5 cm³/mol. The lowest BCUT2D eigenvalue weighted by Gasteiger charge is -2.36. The van der Waals surface area contributed by atoms with Gasteiger partial charge >= 0.3 is 0 Å². The van der Waals surface area contributed by atoms with Crippen LogP contribution in [0, 0.1) is 0 Å². The third kappa shape index (κ3) is 2.92. The van der Waals surface area contributed by atoms with Gasteiger partial charge in [-0.15, -0.1) is 0 Å². The van der Waals surface area contributed by atoms with Crippen molar-refractivity contribution in [2.24, 2.45) is 0 Å². The molecule has 2 unspecified atom stereocenters. The van der Waals surface area contributed by atoms with Gasteiger partial charge < -0.3 is 15.0 Å². The van der Waals surface area contributed by atoms with Crippen LogP contribution in [0.3, 0.4) is 0 Å². The molecule has 1 aliphatic rings. The van der Waals surface area contributed by atoms with E-state index in [2.05, 4.69) is 5.32 Å². The van der Waals surface area contributed by atoms with Crippen molar-refractivity contribution in [1.82, 2.24) is 10.2 Å². The first-order valence-corrected chi connectivity index (χ1v) is 6.76. The molecule has 5 heteroatoms. The summed E-state index contributed by atoms with van der Waals surface area (Å²) in [5, 5.41) is 2.68. The third-order valence-corrected chi connectivity index (χ3v) is 3.63. The molecular formula is C15H20N2O3. The Morgan fingerprint density at radius 3 is 2.75 bits per heavy atom. The highest BCUT2D eigenvalue weighted by atomic mass is 16.5. The molecule has 1 aromatic carbocycles. The lowest BCUT2D eigenvalue weighted by molar-refractivity contribution is -0.148. The van der Waals surface area contributed by atoms with Crippen LogP contribution < -0.4 is 10.1 Å². The SMILES string of the molecule is COc1cccc(CCN2C(=O)C(C)NC(=O)C2C)c1. The monoisotopic (exact) mass is 276 g/mol. The topological polar surface area (TPSA) is 58.6 Å². The van der Waals surface area contributed by atoms with Gasteiger partial charge in [0.1, 0.15) is 17.8 Å². The summed E-state index contributed by atoms with van der Waals surface area (Å²) in [5.74, 6) is 0.675. The second kappa shape index (κ2) is 5.94. The summed E-state index contributed by atoms with van der Waals surface area (Å²) in [6, 6.07) is 6.89. The molecule has 2 atom stereocenters. The summed E-state index contributed by atoms with van der Waals surface area (Å²) >= 11 is 0. The first kappa shape index (κ1) is 14.4. The van der Waals surface area contributed by atoms with Crippen molar-refractivity contribution < 1.29 is 14.3 Å². The average molecular weight is 276 g/mol. The molecule has 0 spiro atoms. The van der Waals surface area contributed by atoms with Gasteiger partial charge in [0, 0.05) is 6.54 Å². The molecule has 2 rings (SSSR count). The van der Waals surface area contributed by atoms with E-state index in [1.165, 1.54) is 0 Å². The second-order valence-corrected chi connectivity index (χ2v) is 5.04. The van der Waals surface area contributed by atoms with Crippen LogP contribution in [0.2, 0.25) is 0 Å². The van der Waals surface area contributed by atoms with Crippen LogP contribution in [0.1, 0.15) is 19.4 Å². The molecule has 1 aromatic rings. The number of amides is 2. The van der Waals surface area contributed by atoms with Crippen molar-refractivity contribution in [3.8, 4) is 5.75 Å². The summed E-state index contributed by atoms with van der Waals surface area (Å²) in [6.45, 7) is 4.00. The van der Waals surface area contributed by atoms with Gasteiger partial charge in [-0.3, -0.25) is 9.59 Å². The molecule has 5 nitrogen and oxygen atoms in total. The molecule has 0 aromatic heterocycles.